The van der Waals surface area contributed by atoms with Gasteiger partial charge in [-0.15, -0.1) is 0 Å². The number of amides is 2. The van der Waals surface area contributed by atoms with Gasteiger partial charge in [0.2, 0.25) is 0 Å². The lowest BCUT2D eigenvalue weighted by Gasteiger charge is -2.14. The molecule has 0 aliphatic heterocycles. The van der Waals surface area contributed by atoms with Crippen LogP contribution in [0.5, 0.6) is 11.5 Å². The van der Waals surface area contributed by atoms with Crippen LogP contribution in [0.15, 0.2) is 60.9 Å². The molecular formula is C23H22ClN5O4. The average molecular weight is 468 g/mol. The fourth-order valence-electron chi connectivity index (χ4n) is 2.85. The van der Waals surface area contributed by atoms with Gasteiger partial charge in [-0.2, -0.15) is 0 Å². The Kier molecular flexibility index (Phi) is 7.82. The lowest BCUT2D eigenvalue weighted by Crippen LogP contribution is -2.24. The van der Waals surface area contributed by atoms with Gasteiger partial charge in [0.25, 0.3) is 11.8 Å². The Bertz CT molecular complexity index is 1170. The maximum absolute atomic E-state index is 12.7. The summed E-state index contributed by atoms with van der Waals surface area (Å²) in [6, 6.07) is 13.2. The molecule has 170 valence electrons. The van der Waals surface area contributed by atoms with E-state index in [4.69, 9.17) is 38.0 Å². The number of halogens is 1. The second-order valence-corrected chi connectivity index (χ2v) is 7.43. The van der Waals surface area contributed by atoms with Crippen LogP contribution in [0.3, 0.4) is 0 Å². The van der Waals surface area contributed by atoms with Crippen molar-refractivity contribution in [3.05, 3.63) is 88.2 Å². The summed E-state index contributed by atoms with van der Waals surface area (Å²) in [7, 11) is 0. The fourth-order valence-corrected chi connectivity index (χ4v) is 3.08. The van der Waals surface area contributed by atoms with E-state index >= 15 is 0 Å². The van der Waals surface area contributed by atoms with Gasteiger partial charge in [0, 0.05) is 40.7 Å². The van der Waals surface area contributed by atoms with Gasteiger partial charge in [-0.05, 0) is 42.0 Å². The Hall–Kier alpha value is -4.11. The molecule has 0 aliphatic rings. The number of hydrogen-bond acceptors (Lipinski definition) is 6. The number of carbonyl (C=O) groups excluding carboxylic acids is 2. The van der Waals surface area contributed by atoms with Gasteiger partial charge in [0.1, 0.15) is 23.9 Å². The van der Waals surface area contributed by atoms with Crippen molar-refractivity contribution in [2.24, 2.45) is 11.5 Å². The topological polar surface area (TPSA) is 153 Å². The van der Waals surface area contributed by atoms with E-state index in [1.807, 2.05) is 12.1 Å². The number of nitrogens with zero attached hydrogens (tertiary/aromatic N) is 1. The minimum Gasteiger partial charge on any atom is -0.489 e. The van der Waals surface area contributed by atoms with E-state index in [0.717, 1.165) is 5.56 Å². The maximum atomic E-state index is 12.7. The average Bonchev–Trinajstić information content (AvgIpc) is 2.80. The molecule has 0 saturated carbocycles. The summed E-state index contributed by atoms with van der Waals surface area (Å²) in [5.41, 5.74) is 12.9. The van der Waals surface area contributed by atoms with E-state index in [1.165, 1.54) is 12.1 Å². The van der Waals surface area contributed by atoms with Crippen LogP contribution in [-0.4, -0.2) is 29.2 Å². The van der Waals surface area contributed by atoms with E-state index in [-0.39, 0.29) is 30.6 Å². The quantitative estimate of drug-likeness (QED) is 0.265. The number of nitrogens with one attached hydrogen (secondary N) is 2. The zero-order chi connectivity index (χ0) is 23.8. The van der Waals surface area contributed by atoms with E-state index < -0.39 is 5.91 Å². The Labute approximate surface area is 195 Å². The zero-order valence-corrected chi connectivity index (χ0v) is 18.3. The van der Waals surface area contributed by atoms with Gasteiger partial charge in [-0.1, -0.05) is 23.7 Å². The van der Waals surface area contributed by atoms with E-state index in [1.54, 1.807) is 36.7 Å². The Morgan fingerprint density at radius 2 is 1.76 bits per heavy atom. The number of benzene rings is 2. The number of nitrogens with two attached hydrogens (primary N) is 2. The van der Waals surface area contributed by atoms with Crippen LogP contribution < -0.4 is 26.3 Å². The standard InChI is InChI=1S/C23H22ClN5O4/c24-18-7-17(8-19(10-18)32-12-14-3-5-28-6-4-14)23(31)29-11-16-2-1-15(22(26)27)9-20(16)33-13-21(25)30/h1-10H,11-13H2,(H2,25,30)(H3,26,27)(H,29,31). The highest BCUT2D eigenvalue weighted by Gasteiger charge is 2.13. The van der Waals surface area contributed by atoms with Gasteiger partial charge in [0.05, 0.1) is 0 Å². The Balaban J connectivity index is 1.70. The van der Waals surface area contributed by atoms with Crippen molar-refractivity contribution in [2.45, 2.75) is 13.2 Å². The van der Waals surface area contributed by atoms with Gasteiger partial charge < -0.3 is 26.3 Å². The molecule has 0 bridgehead atoms. The number of carbonyl (C=O) groups is 2. The summed E-state index contributed by atoms with van der Waals surface area (Å²) in [6.45, 7) is 0.0343. The third-order valence-electron chi connectivity index (χ3n) is 4.48. The number of primary amides is 1. The van der Waals surface area contributed by atoms with Crippen molar-refractivity contribution in [1.82, 2.24) is 10.3 Å². The second kappa shape index (κ2) is 11.0. The van der Waals surface area contributed by atoms with Crippen molar-refractivity contribution in [2.75, 3.05) is 6.61 Å². The summed E-state index contributed by atoms with van der Waals surface area (Å²) < 4.78 is 11.2. The molecule has 1 heterocycles. The molecule has 2 aromatic carbocycles. The third-order valence-corrected chi connectivity index (χ3v) is 4.69. The largest absolute Gasteiger partial charge is 0.489 e. The predicted molar refractivity (Wildman–Crippen MR) is 123 cm³/mol. The minimum atomic E-state index is -0.656. The van der Waals surface area contributed by atoms with Gasteiger partial charge in [-0.25, -0.2) is 0 Å². The number of aromatic nitrogens is 1. The Morgan fingerprint density at radius 3 is 2.45 bits per heavy atom. The smallest absolute Gasteiger partial charge is 0.255 e. The van der Waals surface area contributed by atoms with Gasteiger partial charge in [-0.3, -0.25) is 20.0 Å². The molecule has 0 saturated heterocycles. The third kappa shape index (κ3) is 6.94. The fraction of sp³-hybridized carbons (Fsp3) is 0.130. The molecule has 6 N–H and O–H groups in total. The number of rotatable bonds is 10. The van der Waals surface area contributed by atoms with Crippen molar-refractivity contribution in [1.29, 1.82) is 5.41 Å². The molecule has 0 aliphatic carbocycles. The summed E-state index contributed by atoms with van der Waals surface area (Å²) >= 11 is 6.17. The minimum absolute atomic E-state index is 0.0881. The monoisotopic (exact) mass is 467 g/mol. The first-order valence-electron chi connectivity index (χ1n) is 9.80. The van der Waals surface area contributed by atoms with Crippen molar-refractivity contribution < 1.29 is 19.1 Å². The SMILES string of the molecule is N=C(N)c1ccc(CNC(=O)c2cc(Cl)cc(OCc3ccncc3)c2)c(OCC(N)=O)c1. The number of hydrogen-bond donors (Lipinski definition) is 4. The summed E-state index contributed by atoms with van der Waals surface area (Å²) in [5, 5.41) is 10.7. The van der Waals surface area contributed by atoms with Crippen LogP contribution in [0.25, 0.3) is 0 Å². The molecule has 0 spiro atoms. The first-order valence-corrected chi connectivity index (χ1v) is 10.2. The summed E-state index contributed by atoms with van der Waals surface area (Å²) in [4.78, 5) is 27.8. The molecule has 3 rings (SSSR count). The second-order valence-electron chi connectivity index (χ2n) is 6.99. The Morgan fingerprint density at radius 1 is 1.00 bits per heavy atom. The molecule has 33 heavy (non-hydrogen) atoms. The van der Waals surface area contributed by atoms with Crippen LogP contribution in [-0.2, 0) is 17.9 Å². The molecule has 10 heteroatoms. The van der Waals surface area contributed by atoms with E-state index in [9.17, 15) is 9.59 Å². The lowest BCUT2D eigenvalue weighted by molar-refractivity contribution is -0.119. The van der Waals surface area contributed by atoms with Gasteiger partial charge in [0.15, 0.2) is 6.61 Å². The molecule has 0 unspecified atom stereocenters. The molecule has 2 amide bonds. The van der Waals surface area contributed by atoms with Crippen molar-refractivity contribution in [3.8, 4) is 11.5 Å². The van der Waals surface area contributed by atoms with Crippen LogP contribution in [0.4, 0.5) is 0 Å². The van der Waals surface area contributed by atoms with Crippen LogP contribution in [0.1, 0.15) is 27.0 Å². The summed E-state index contributed by atoms with van der Waals surface area (Å²) in [5.74, 6) is -0.470. The zero-order valence-electron chi connectivity index (χ0n) is 17.5. The van der Waals surface area contributed by atoms with E-state index in [0.29, 0.717) is 34.1 Å². The highest BCUT2D eigenvalue weighted by atomic mass is 35.5. The van der Waals surface area contributed by atoms with Crippen LogP contribution in [0, 0.1) is 5.41 Å². The van der Waals surface area contributed by atoms with Crippen molar-refractivity contribution in [3.63, 3.8) is 0 Å². The van der Waals surface area contributed by atoms with E-state index in [2.05, 4.69) is 10.3 Å². The molecule has 3 aromatic rings. The highest BCUT2D eigenvalue weighted by molar-refractivity contribution is 6.31. The molecule has 0 atom stereocenters. The number of nitrogen functional groups attached to an aromatic ring is 1. The van der Waals surface area contributed by atoms with Crippen LogP contribution in [0.2, 0.25) is 5.02 Å². The van der Waals surface area contributed by atoms with Crippen LogP contribution >= 0.6 is 11.6 Å². The predicted octanol–water partition coefficient (Wildman–Crippen LogP) is 2.39. The first kappa shape index (κ1) is 23.6. The first-order chi connectivity index (χ1) is 15.8. The molecule has 1 aromatic heterocycles. The molecule has 9 nitrogen and oxygen atoms in total. The maximum Gasteiger partial charge on any atom is 0.255 e. The normalized spacial score (nSPS) is 10.3. The number of pyridine rings is 1. The molecule has 0 radical (unpaired) electrons. The lowest BCUT2D eigenvalue weighted by atomic mass is 10.1. The van der Waals surface area contributed by atoms with Crippen molar-refractivity contribution >= 4 is 29.3 Å². The number of ether oxygens (including phenoxy) is 2. The number of amidine groups is 1. The molecular weight excluding hydrogens is 446 g/mol. The van der Waals surface area contributed by atoms with Gasteiger partial charge >= 0.3 is 0 Å². The highest BCUT2D eigenvalue weighted by Crippen LogP contribution is 2.23. The summed E-state index contributed by atoms with van der Waals surface area (Å²) in [6.07, 6.45) is 3.33. The molecule has 0 fully saturated rings.